The van der Waals surface area contributed by atoms with Crippen LogP contribution in [0, 0.1) is 12.3 Å². The van der Waals surface area contributed by atoms with Crippen molar-refractivity contribution in [3.05, 3.63) is 245 Å². The average Bonchev–Trinajstić information content (AvgIpc) is 1.66. The lowest BCUT2D eigenvalue weighted by molar-refractivity contribution is -0.751. The summed E-state index contributed by atoms with van der Waals surface area (Å²) in [5.74, 6) is 5.31. The summed E-state index contributed by atoms with van der Waals surface area (Å²) in [5, 5.41) is 7.39. The summed E-state index contributed by atoms with van der Waals surface area (Å²) in [6.45, 7) is 41.4. The zero-order chi connectivity index (χ0) is 75.6. The summed E-state index contributed by atoms with van der Waals surface area (Å²) in [6.07, 6.45) is 20.8. The van der Waals surface area contributed by atoms with Crippen molar-refractivity contribution in [1.29, 1.82) is 0 Å². The first kappa shape index (κ1) is 72.1. The minimum atomic E-state index is 0.115. The largest absolute Gasteiger partial charge is 0.469 e. The molecule has 5 aliphatic heterocycles. The Bertz CT molecular complexity index is 5670. The predicted molar refractivity (Wildman–Crippen MR) is 446 cm³/mol. The van der Waals surface area contributed by atoms with E-state index in [-0.39, 0.29) is 38.3 Å². The zero-order valence-corrected chi connectivity index (χ0v) is 66.4. The normalized spacial score (nSPS) is 16.7. The monoisotopic (exact) mass is 1420 g/mol. The van der Waals surface area contributed by atoms with Crippen LogP contribution < -0.4 is 50.8 Å². The number of imidazole rings is 2. The molecule has 1 fully saturated rings. The Morgan fingerprint density at radius 1 is 0.477 bits per heavy atom. The number of hydrogen-bond acceptors (Lipinski definition) is 9. The maximum Gasteiger partial charge on any atom is 0.469 e. The van der Waals surface area contributed by atoms with Crippen LogP contribution in [0.4, 0.5) is 11.8 Å². The summed E-state index contributed by atoms with van der Waals surface area (Å²) < 4.78 is 36.1. The number of nitrogens with zero attached hydrogens (tertiary/aromatic N) is 11. The number of allylic oxidation sites excluding steroid dienone is 4. The number of hydrogen-bond donors (Lipinski definition) is 0. The molecule has 5 aliphatic rings. The minimum absolute atomic E-state index is 0.115. The van der Waals surface area contributed by atoms with Crippen LogP contribution in [0.2, 0.25) is 27.3 Å². The molecule has 0 saturated carbocycles. The number of anilines is 2. The van der Waals surface area contributed by atoms with Gasteiger partial charge >= 0.3 is 33.3 Å². The molecule has 0 aliphatic carbocycles. The van der Waals surface area contributed by atoms with Gasteiger partial charge in [0.15, 0.2) is 0 Å². The van der Waals surface area contributed by atoms with E-state index in [1.54, 1.807) is 0 Å². The van der Waals surface area contributed by atoms with Crippen LogP contribution in [0.5, 0.6) is 0 Å². The summed E-state index contributed by atoms with van der Waals surface area (Å²) in [6, 6.07) is 53.0. The minimum Gasteiger partial charge on any atom is -0.468 e. The molecular weight excluding hydrogens is 1320 g/mol. The maximum absolute atomic E-state index is 6.28. The predicted octanol–water partition coefficient (Wildman–Crippen LogP) is 16.7. The van der Waals surface area contributed by atoms with Crippen LogP contribution in [-0.4, -0.2) is 62.8 Å². The van der Waals surface area contributed by atoms with Crippen molar-refractivity contribution in [3.8, 4) is 11.4 Å². The number of benzene rings is 6. The maximum atomic E-state index is 6.28. The van der Waals surface area contributed by atoms with E-state index in [9.17, 15) is 0 Å². The fourth-order valence-electron chi connectivity index (χ4n) is 18.2. The molecule has 0 spiro atoms. The highest BCUT2D eigenvalue weighted by molar-refractivity contribution is 6.79. The molecule has 107 heavy (non-hydrogen) atoms. The van der Waals surface area contributed by atoms with Gasteiger partial charge in [0.25, 0.3) is 0 Å². The van der Waals surface area contributed by atoms with Crippen LogP contribution in [0.3, 0.4) is 0 Å². The van der Waals surface area contributed by atoms with Gasteiger partial charge in [-0.3, -0.25) is 4.81 Å². The second-order valence-electron chi connectivity index (χ2n) is 32.1. The molecule has 13 aromatic rings. The van der Waals surface area contributed by atoms with E-state index in [0.717, 1.165) is 62.5 Å². The van der Waals surface area contributed by atoms with E-state index < -0.39 is 0 Å². The SMILES string of the molecule is CB1c2c(oc3ccccc23)C=C(C)N1c1n(-c2c(C(C)C)cccc2C(C)C)cc[n+]1C.CB1c2oc3ccccc3c2C=C(C)N1N1C(C)C(C)(C)CC1(C)C.CB1c2oc3ccccc3c2C=C(C)N1c1cn(-c2ccccc2)c(C)[n+]1C.CB1c2oc3ccccc3c2C=C(C)N1n1ccc[n+]1C. The number of hydrazine groups is 1. The molecule has 0 radical (unpaired) electrons. The van der Waals surface area contributed by atoms with Crippen LogP contribution in [0.15, 0.2) is 223 Å². The molecule has 0 N–H and O–H groups in total. The Hall–Kier alpha value is -10.5. The first-order chi connectivity index (χ1) is 51.1. The van der Waals surface area contributed by atoms with Crippen molar-refractivity contribution < 1.29 is 31.5 Å². The van der Waals surface area contributed by atoms with Crippen molar-refractivity contribution in [3.63, 3.8) is 0 Å². The standard InChI is InChI=1S/C28H33BN3O.C23H23BN3O.C21H29BN2O.C16H17BN3O/c1-18(2)21-12-10-13-22(19(3)4)27(21)31-16-15-30(7)28(31)32-20(5)17-25-26(29(32)6)23-11-8-9-14-24(23)33-25;1-16-14-20-19-12-8-9-13-21(19)28-23(20)24(3)27(16)22-15-26(17(2)25(22)4)18-10-6-5-7-11-18;1-14-12-17-16-10-8-9-11-18(16)25-19(17)22(7)24(14)23-15(2)20(3,4)13-21(23,5)6;1-12-11-14-13-7-4-5-8-15(13)21-16(14)17(2)20(12)19-10-6-9-18(19)3/h8-19H,1-7H3;5-15H,1-4H3;8-12,15H,13H2,1-7H3;4-11H,1-3H3/q2*+1;;+1. The number of rotatable bonds is 8. The molecule has 7 aromatic heterocycles. The molecule has 19 heteroatoms. The highest BCUT2D eigenvalue weighted by atomic mass is 16.3. The number of fused-ring (bicyclic) bond motifs is 12. The van der Waals surface area contributed by atoms with Crippen LogP contribution >= 0.6 is 0 Å². The van der Waals surface area contributed by atoms with E-state index >= 15 is 0 Å². The van der Waals surface area contributed by atoms with Gasteiger partial charge in [-0.25, -0.2) is 28.2 Å². The fourth-order valence-corrected chi connectivity index (χ4v) is 18.2. The van der Waals surface area contributed by atoms with E-state index in [0.29, 0.717) is 17.9 Å². The lowest BCUT2D eigenvalue weighted by atomic mass is 9.54. The van der Waals surface area contributed by atoms with Crippen molar-refractivity contribution in [2.75, 3.05) is 14.5 Å². The van der Waals surface area contributed by atoms with Gasteiger partial charge in [0.2, 0.25) is 11.6 Å². The quantitative estimate of drug-likeness (QED) is 0.109. The third kappa shape index (κ3) is 12.3. The molecule has 18 rings (SSSR count). The molecule has 15 nitrogen and oxygen atoms in total. The smallest absolute Gasteiger partial charge is 0.468 e. The Morgan fingerprint density at radius 3 is 1.47 bits per heavy atom. The zero-order valence-electron chi connectivity index (χ0n) is 66.4. The van der Waals surface area contributed by atoms with Crippen LogP contribution in [0.25, 0.3) is 79.6 Å². The summed E-state index contributed by atoms with van der Waals surface area (Å²) in [7, 11) is 6.30. The lowest BCUT2D eigenvalue weighted by Crippen LogP contribution is -2.62. The van der Waals surface area contributed by atoms with Crippen LogP contribution in [0.1, 0.15) is 148 Å². The molecule has 1 unspecified atom stereocenters. The lowest BCUT2D eigenvalue weighted by Gasteiger charge is -2.48. The topological polar surface area (TPSA) is 95.2 Å². The third-order valence-electron chi connectivity index (χ3n) is 23.4. The van der Waals surface area contributed by atoms with Crippen molar-refractivity contribution in [1.82, 2.24) is 23.9 Å². The molecule has 1 saturated heterocycles. The van der Waals surface area contributed by atoms with Gasteiger partial charge in [-0.15, -0.1) is 0 Å². The van der Waals surface area contributed by atoms with E-state index in [2.05, 4.69) is 343 Å². The molecule has 12 heterocycles. The van der Waals surface area contributed by atoms with Gasteiger partial charge in [0.05, 0.1) is 37.9 Å². The highest BCUT2D eigenvalue weighted by Crippen LogP contribution is 2.49. The van der Waals surface area contributed by atoms with Gasteiger partial charge in [0.1, 0.15) is 87.8 Å². The van der Waals surface area contributed by atoms with Crippen molar-refractivity contribution in [2.24, 2.45) is 26.6 Å². The Kier molecular flexibility index (Phi) is 18.6. The summed E-state index contributed by atoms with van der Waals surface area (Å²) in [5.41, 5.74) is 22.4. The third-order valence-corrected chi connectivity index (χ3v) is 23.4. The number of para-hydroxylation sites is 6. The second kappa shape index (κ2) is 27.7. The Balaban J connectivity index is 0.000000115. The van der Waals surface area contributed by atoms with E-state index in [4.69, 9.17) is 17.7 Å². The van der Waals surface area contributed by atoms with Crippen molar-refractivity contribution in [2.45, 2.75) is 154 Å². The Morgan fingerprint density at radius 2 is 0.953 bits per heavy atom. The summed E-state index contributed by atoms with van der Waals surface area (Å²) in [4.78, 5) is 11.6. The van der Waals surface area contributed by atoms with E-state index in [1.165, 1.54) is 95.5 Å². The molecular formula is C88H102B4N11O4+3. The van der Waals surface area contributed by atoms with Crippen molar-refractivity contribution >= 4 is 130 Å². The molecule has 542 valence electrons. The first-order valence-corrected chi connectivity index (χ1v) is 38.3. The number of furan rings is 4. The number of aryl methyl sites for hydroxylation is 2. The first-order valence-electron chi connectivity index (χ1n) is 38.3. The van der Waals surface area contributed by atoms with Gasteiger partial charge in [0, 0.05) is 80.0 Å². The van der Waals surface area contributed by atoms with Gasteiger partial charge < -0.3 is 27.4 Å². The average molecular weight is 1420 g/mol. The molecule has 0 bridgehead atoms. The second-order valence-corrected chi connectivity index (χ2v) is 32.1. The molecule has 6 aromatic carbocycles. The summed E-state index contributed by atoms with van der Waals surface area (Å²) >= 11 is 0. The van der Waals surface area contributed by atoms with Gasteiger partial charge in [-0.2, -0.15) is 4.68 Å². The molecule has 0 amide bonds. The number of aromatic nitrogens is 6. The van der Waals surface area contributed by atoms with Crippen LogP contribution in [-0.2, 0) is 21.1 Å². The van der Waals surface area contributed by atoms with E-state index in [1.807, 2.05) is 61.8 Å². The highest BCUT2D eigenvalue weighted by Gasteiger charge is 2.54. The fraction of sp³-hybridized carbons (Fsp3) is 0.307. The van der Waals surface area contributed by atoms with Gasteiger partial charge in [-0.1, -0.05) is 162 Å². The molecule has 1 atom stereocenters. The van der Waals surface area contributed by atoms with Gasteiger partial charge in [-0.05, 0) is 158 Å². The Labute approximate surface area is 632 Å².